The number of nitrogens with zero attached hydrogens (tertiary/aromatic N) is 1. The summed E-state index contributed by atoms with van der Waals surface area (Å²) in [6, 6.07) is 7.28. The van der Waals surface area contributed by atoms with E-state index in [0.717, 1.165) is 16.3 Å². The van der Waals surface area contributed by atoms with Gasteiger partial charge in [-0.2, -0.15) is 0 Å². The predicted molar refractivity (Wildman–Crippen MR) is 68.6 cm³/mol. The van der Waals surface area contributed by atoms with Gasteiger partial charge in [0, 0.05) is 14.8 Å². The fourth-order valence-electron chi connectivity index (χ4n) is 1.72. The Kier molecular flexibility index (Phi) is 4.40. The maximum Gasteiger partial charge on any atom is 0.211 e. The zero-order valence-electron chi connectivity index (χ0n) is 9.72. The lowest BCUT2D eigenvalue weighted by atomic mass is 9.76. The number of aldehydes is 1. The summed E-state index contributed by atoms with van der Waals surface area (Å²) >= 11 is 3.37. The average molecular weight is 300 g/mol. The van der Waals surface area contributed by atoms with Gasteiger partial charge in [-0.15, -0.1) is 0 Å². The zero-order valence-corrected chi connectivity index (χ0v) is 11.3. The summed E-state index contributed by atoms with van der Waals surface area (Å²) in [5, 5.41) is 10.7. The van der Waals surface area contributed by atoms with Gasteiger partial charge in [-0.3, -0.25) is 10.1 Å². The van der Waals surface area contributed by atoms with Crippen molar-refractivity contribution in [3.63, 3.8) is 0 Å². The number of benzene rings is 1. The first-order valence-electron chi connectivity index (χ1n) is 5.21. The number of rotatable bonds is 5. The molecule has 0 saturated heterocycles. The standard InChI is InChI=1S/C12H14BrNO3/c1-12(2,8-15)10(7-14(16)17)9-5-3-4-6-11(9)13/h3-6,8,10H,7H2,1-2H3. The molecule has 4 nitrogen and oxygen atoms in total. The summed E-state index contributed by atoms with van der Waals surface area (Å²) in [5.41, 5.74) is 0.0259. The van der Waals surface area contributed by atoms with Crippen LogP contribution in [0.2, 0.25) is 0 Å². The number of hydrogen-bond acceptors (Lipinski definition) is 3. The largest absolute Gasteiger partial charge is 0.303 e. The van der Waals surface area contributed by atoms with Crippen molar-refractivity contribution in [2.75, 3.05) is 6.54 Å². The van der Waals surface area contributed by atoms with Gasteiger partial charge in [0.05, 0.1) is 5.92 Å². The molecule has 0 bridgehead atoms. The van der Waals surface area contributed by atoms with Crippen molar-refractivity contribution >= 4 is 22.2 Å². The highest BCUT2D eigenvalue weighted by atomic mass is 79.9. The first kappa shape index (κ1) is 13.8. The third-order valence-corrected chi connectivity index (χ3v) is 3.54. The van der Waals surface area contributed by atoms with E-state index in [9.17, 15) is 14.9 Å². The third kappa shape index (κ3) is 3.36. The van der Waals surface area contributed by atoms with Crippen molar-refractivity contribution in [3.8, 4) is 0 Å². The lowest BCUT2D eigenvalue weighted by Gasteiger charge is -2.27. The minimum absolute atomic E-state index is 0.256. The predicted octanol–water partition coefficient (Wildman–Crippen LogP) is 3.03. The molecule has 0 aliphatic carbocycles. The number of nitro groups is 1. The highest BCUT2D eigenvalue weighted by molar-refractivity contribution is 9.10. The highest BCUT2D eigenvalue weighted by Crippen LogP contribution is 2.37. The summed E-state index contributed by atoms with van der Waals surface area (Å²) in [7, 11) is 0. The van der Waals surface area contributed by atoms with Gasteiger partial charge in [0.15, 0.2) is 0 Å². The Bertz CT molecular complexity index is 432. The summed E-state index contributed by atoms with van der Waals surface area (Å²) < 4.78 is 0.793. The van der Waals surface area contributed by atoms with Crippen molar-refractivity contribution in [2.45, 2.75) is 19.8 Å². The fraction of sp³-hybridized carbons (Fsp3) is 0.417. The fourth-order valence-corrected chi connectivity index (χ4v) is 2.28. The van der Waals surface area contributed by atoms with E-state index < -0.39 is 11.3 Å². The van der Waals surface area contributed by atoms with Gasteiger partial charge in [-0.1, -0.05) is 48.0 Å². The van der Waals surface area contributed by atoms with E-state index in [1.165, 1.54) is 0 Å². The van der Waals surface area contributed by atoms with Crippen LogP contribution in [0.15, 0.2) is 28.7 Å². The molecule has 5 heteroatoms. The molecule has 0 amide bonds. The maximum absolute atomic E-state index is 11.1. The van der Waals surface area contributed by atoms with Crippen LogP contribution in [0.4, 0.5) is 0 Å². The SMILES string of the molecule is CC(C)(C=O)C(C[N+](=O)[O-])c1ccccc1Br. The molecular weight excluding hydrogens is 286 g/mol. The molecule has 0 fully saturated rings. The molecule has 0 N–H and O–H groups in total. The van der Waals surface area contributed by atoms with Crippen LogP contribution < -0.4 is 0 Å². The van der Waals surface area contributed by atoms with E-state index >= 15 is 0 Å². The number of halogens is 1. The van der Waals surface area contributed by atoms with Crippen LogP contribution in [0.5, 0.6) is 0 Å². The molecule has 1 rings (SSSR count). The number of carbonyl (C=O) groups is 1. The Balaban J connectivity index is 3.20. The van der Waals surface area contributed by atoms with Crippen LogP contribution in [0, 0.1) is 15.5 Å². The van der Waals surface area contributed by atoms with E-state index in [0.29, 0.717) is 0 Å². The Morgan fingerprint density at radius 3 is 2.53 bits per heavy atom. The zero-order chi connectivity index (χ0) is 13.1. The molecule has 0 spiro atoms. The van der Waals surface area contributed by atoms with Gasteiger partial charge in [-0.25, -0.2) is 0 Å². The molecule has 1 aromatic rings. The lowest BCUT2D eigenvalue weighted by Crippen LogP contribution is -2.29. The third-order valence-electron chi connectivity index (χ3n) is 2.81. The Labute approximate surface area is 108 Å². The molecule has 1 atom stereocenters. The van der Waals surface area contributed by atoms with Crippen LogP contribution in [-0.2, 0) is 4.79 Å². The minimum atomic E-state index is -0.767. The second-order valence-corrected chi connectivity index (χ2v) is 5.38. The molecule has 92 valence electrons. The molecular formula is C12H14BrNO3. The lowest BCUT2D eigenvalue weighted by molar-refractivity contribution is -0.485. The Morgan fingerprint density at radius 1 is 1.47 bits per heavy atom. The van der Waals surface area contributed by atoms with Crippen LogP contribution >= 0.6 is 15.9 Å². The van der Waals surface area contributed by atoms with Crippen molar-refractivity contribution in [1.82, 2.24) is 0 Å². The molecule has 1 unspecified atom stereocenters. The van der Waals surface area contributed by atoms with Gasteiger partial charge in [-0.05, 0) is 11.6 Å². The second-order valence-electron chi connectivity index (χ2n) is 4.53. The van der Waals surface area contributed by atoms with Crippen LogP contribution in [0.25, 0.3) is 0 Å². The van der Waals surface area contributed by atoms with E-state index in [1.54, 1.807) is 13.8 Å². The molecule has 0 aromatic heterocycles. The topological polar surface area (TPSA) is 60.2 Å². The van der Waals surface area contributed by atoms with Crippen LogP contribution in [0.1, 0.15) is 25.3 Å². The smallest absolute Gasteiger partial charge is 0.211 e. The average Bonchev–Trinajstić information content (AvgIpc) is 2.26. The molecule has 0 saturated carbocycles. The first-order chi connectivity index (χ1) is 7.88. The van der Waals surface area contributed by atoms with Gasteiger partial charge in [0.25, 0.3) is 0 Å². The van der Waals surface area contributed by atoms with Gasteiger partial charge < -0.3 is 4.79 Å². The van der Waals surface area contributed by atoms with E-state index in [1.807, 2.05) is 24.3 Å². The van der Waals surface area contributed by atoms with Gasteiger partial charge in [0.2, 0.25) is 6.54 Å². The van der Waals surface area contributed by atoms with Crippen molar-refractivity contribution in [1.29, 1.82) is 0 Å². The maximum atomic E-state index is 11.1. The monoisotopic (exact) mass is 299 g/mol. The quantitative estimate of drug-likeness (QED) is 0.477. The molecule has 0 aliphatic heterocycles. The molecule has 0 radical (unpaired) electrons. The van der Waals surface area contributed by atoms with E-state index in [-0.39, 0.29) is 11.5 Å². The highest BCUT2D eigenvalue weighted by Gasteiger charge is 2.35. The minimum Gasteiger partial charge on any atom is -0.303 e. The van der Waals surface area contributed by atoms with Crippen LogP contribution in [0.3, 0.4) is 0 Å². The molecule has 0 aliphatic rings. The first-order valence-corrected chi connectivity index (χ1v) is 6.00. The summed E-state index contributed by atoms with van der Waals surface area (Å²) in [4.78, 5) is 21.4. The number of hydrogen-bond donors (Lipinski definition) is 0. The summed E-state index contributed by atoms with van der Waals surface area (Å²) in [6.45, 7) is 3.18. The van der Waals surface area contributed by atoms with Crippen molar-refractivity contribution in [3.05, 3.63) is 44.4 Å². The Hall–Kier alpha value is -1.23. The van der Waals surface area contributed by atoms with Crippen LogP contribution in [-0.4, -0.2) is 17.8 Å². The van der Waals surface area contributed by atoms with E-state index in [2.05, 4.69) is 15.9 Å². The van der Waals surface area contributed by atoms with Crippen molar-refractivity contribution in [2.24, 2.45) is 5.41 Å². The van der Waals surface area contributed by atoms with E-state index in [4.69, 9.17) is 0 Å². The summed E-state index contributed by atoms with van der Waals surface area (Å²) in [6.07, 6.45) is 0.778. The van der Waals surface area contributed by atoms with Crippen molar-refractivity contribution < 1.29 is 9.72 Å². The normalized spacial score (nSPS) is 13.1. The molecule has 0 heterocycles. The van der Waals surface area contributed by atoms with Gasteiger partial charge in [0.1, 0.15) is 6.29 Å². The van der Waals surface area contributed by atoms with Gasteiger partial charge >= 0.3 is 0 Å². The number of carbonyl (C=O) groups excluding carboxylic acids is 1. The molecule has 1 aromatic carbocycles. The second kappa shape index (κ2) is 5.40. The summed E-state index contributed by atoms with van der Waals surface area (Å²) in [5.74, 6) is -0.439. The Morgan fingerprint density at radius 2 is 2.06 bits per heavy atom. The molecule has 17 heavy (non-hydrogen) atoms.